The molecule has 1 saturated carbocycles. The van der Waals surface area contributed by atoms with Crippen molar-refractivity contribution in [3.05, 3.63) is 0 Å². The van der Waals surface area contributed by atoms with E-state index in [1.54, 1.807) is 7.11 Å². The van der Waals surface area contributed by atoms with E-state index in [9.17, 15) is 4.79 Å². The molecule has 0 aromatic carbocycles. The molecule has 1 aliphatic heterocycles. The summed E-state index contributed by atoms with van der Waals surface area (Å²) in [6.45, 7) is 1.72. The van der Waals surface area contributed by atoms with Crippen molar-refractivity contribution < 1.29 is 19.1 Å². The predicted molar refractivity (Wildman–Crippen MR) is 70.5 cm³/mol. The first-order valence-electron chi connectivity index (χ1n) is 7.24. The number of hydrogen-bond donors (Lipinski definition) is 0. The van der Waals surface area contributed by atoms with E-state index in [4.69, 9.17) is 14.3 Å². The highest BCUT2D eigenvalue weighted by Gasteiger charge is 2.32. The van der Waals surface area contributed by atoms with Crippen molar-refractivity contribution in [2.24, 2.45) is 5.92 Å². The summed E-state index contributed by atoms with van der Waals surface area (Å²) in [7, 11) is 3.20. The molecule has 1 heterocycles. The maximum absolute atomic E-state index is 11.5. The summed E-state index contributed by atoms with van der Waals surface area (Å²) >= 11 is 0. The average Bonchev–Trinajstić information content (AvgIpc) is 2.86. The minimum absolute atomic E-state index is 0.0678. The number of hydrogen-bond acceptors (Lipinski definition) is 5. The van der Waals surface area contributed by atoms with E-state index in [0.717, 1.165) is 45.3 Å². The van der Waals surface area contributed by atoms with E-state index in [1.165, 1.54) is 13.5 Å². The fraction of sp³-hybridized carbons (Fsp3) is 0.929. The van der Waals surface area contributed by atoms with Crippen LogP contribution in [0.5, 0.6) is 0 Å². The van der Waals surface area contributed by atoms with Crippen LogP contribution in [0.15, 0.2) is 0 Å². The lowest BCUT2D eigenvalue weighted by Gasteiger charge is -2.32. The van der Waals surface area contributed by atoms with E-state index in [0.29, 0.717) is 6.04 Å². The van der Waals surface area contributed by atoms with Crippen LogP contribution < -0.4 is 0 Å². The quantitative estimate of drug-likeness (QED) is 0.713. The van der Waals surface area contributed by atoms with Gasteiger partial charge in [0.2, 0.25) is 0 Å². The summed E-state index contributed by atoms with van der Waals surface area (Å²) in [5.74, 6) is -0.00455. The average molecular weight is 271 g/mol. The standard InChI is InChI=1S/C14H25NO4/c1-17-10-12-4-3-9-15(12)19-13-7-5-11(6-8-13)14(16)18-2/h11-13H,3-10H2,1-2H3/t11?,12-,13?/m0/s1. The summed E-state index contributed by atoms with van der Waals surface area (Å²) in [6.07, 6.45) is 6.20. The van der Waals surface area contributed by atoms with Crippen molar-refractivity contribution in [2.75, 3.05) is 27.4 Å². The summed E-state index contributed by atoms with van der Waals surface area (Å²) < 4.78 is 10.0. The van der Waals surface area contributed by atoms with Crippen molar-refractivity contribution in [1.29, 1.82) is 0 Å². The Bertz CT molecular complexity index is 289. The third-order valence-corrected chi connectivity index (χ3v) is 4.18. The number of carbonyl (C=O) groups excluding carboxylic acids is 1. The van der Waals surface area contributed by atoms with Crippen LogP contribution in [0.25, 0.3) is 0 Å². The van der Waals surface area contributed by atoms with Crippen LogP contribution >= 0.6 is 0 Å². The maximum Gasteiger partial charge on any atom is 0.308 e. The Kier molecular flexibility index (Phi) is 5.60. The lowest BCUT2D eigenvalue weighted by molar-refractivity contribution is -0.221. The molecule has 5 heteroatoms. The van der Waals surface area contributed by atoms with Gasteiger partial charge < -0.3 is 9.47 Å². The third-order valence-electron chi connectivity index (χ3n) is 4.18. The Morgan fingerprint density at radius 2 is 1.89 bits per heavy atom. The molecule has 0 spiro atoms. The highest BCUT2D eigenvalue weighted by molar-refractivity contribution is 5.72. The SMILES string of the molecule is COC[C@@H]1CCCN1OC1CCC(C(=O)OC)CC1. The maximum atomic E-state index is 11.5. The van der Waals surface area contributed by atoms with Gasteiger partial charge in [0.1, 0.15) is 0 Å². The van der Waals surface area contributed by atoms with E-state index in [-0.39, 0.29) is 18.0 Å². The first kappa shape index (κ1) is 14.8. The first-order valence-corrected chi connectivity index (χ1v) is 7.24. The van der Waals surface area contributed by atoms with Crippen LogP contribution in [0.4, 0.5) is 0 Å². The summed E-state index contributed by atoms with van der Waals surface area (Å²) in [5, 5.41) is 2.09. The molecule has 2 aliphatic rings. The molecule has 2 rings (SSSR count). The minimum Gasteiger partial charge on any atom is -0.469 e. The molecule has 0 aromatic heterocycles. The van der Waals surface area contributed by atoms with Gasteiger partial charge in [0.05, 0.1) is 31.8 Å². The molecule has 0 unspecified atom stereocenters. The Balaban J connectivity index is 1.74. The summed E-state index contributed by atoms with van der Waals surface area (Å²) in [4.78, 5) is 17.5. The topological polar surface area (TPSA) is 48.0 Å². The predicted octanol–water partition coefficient (Wildman–Crippen LogP) is 1.76. The fourth-order valence-corrected chi connectivity index (χ4v) is 3.07. The highest BCUT2D eigenvalue weighted by Crippen LogP contribution is 2.29. The van der Waals surface area contributed by atoms with Crippen LogP contribution in [0, 0.1) is 5.92 Å². The molecule has 5 nitrogen and oxygen atoms in total. The number of rotatable bonds is 5. The van der Waals surface area contributed by atoms with Gasteiger partial charge in [0.25, 0.3) is 0 Å². The minimum atomic E-state index is -0.0723. The van der Waals surface area contributed by atoms with Crippen molar-refractivity contribution in [2.45, 2.75) is 50.7 Å². The number of nitrogens with zero attached hydrogens (tertiary/aromatic N) is 1. The molecule has 1 saturated heterocycles. The number of esters is 1. The molecular formula is C14H25NO4. The van der Waals surface area contributed by atoms with Gasteiger partial charge in [-0.05, 0) is 38.5 Å². The molecule has 2 fully saturated rings. The molecule has 0 amide bonds. The van der Waals surface area contributed by atoms with Gasteiger partial charge in [-0.25, -0.2) is 0 Å². The van der Waals surface area contributed by atoms with Crippen molar-refractivity contribution in [3.8, 4) is 0 Å². The number of ether oxygens (including phenoxy) is 2. The van der Waals surface area contributed by atoms with Gasteiger partial charge in [0.15, 0.2) is 0 Å². The smallest absolute Gasteiger partial charge is 0.308 e. The Labute approximate surface area is 115 Å². The van der Waals surface area contributed by atoms with E-state index >= 15 is 0 Å². The van der Waals surface area contributed by atoms with Gasteiger partial charge in [-0.3, -0.25) is 9.63 Å². The van der Waals surface area contributed by atoms with Gasteiger partial charge in [-0.1, -0.05) is 0 Å². The van der Waals surface area contributed by atoms with E-state index < -0.39 is 0 Å². The van der Waals surface area contributed by atoms with Crippen molar-refractivity contribution >= 4 is 5.97 Å². The van der Waals surface area contributed by atoms with E-state index in [1.807, 2.05) is 0 Å². The molecule has 19 heavy (non-hydrogen) atoms. The van der Waals surface area contributed by atoms with Crippen LogP contribution in [-0.4, -0.2) is 50.5 Å². The summed E-state index contributed by atoms with van der Waals surface area (Å²) in [5.41, 5.74) is 0. The van der Waals surface area contributed by atoms with Gasteiger partial charge in [-0.2, -0.15) is 5.06 Å². The molecule has 1 atom stereocenters. The first-order chi connectivity index (χ1) is 9.24. The normalized spacial score (nSPS) is 32.4. The number of hydroxylamine groups is 2. The van der Waals surface area contributed by atoms with E-state index in [2.05, 4.69) is 5.06 Å². The Hall–Kier alpha value is -0.650. The van der Waals surface area contributed by atoms with Crippen molar-refractivity contribution in [1.82, 2.24) is 5.06 Å². The monoisotopic (exact) mass is 271 g/mol. The molecule has 0 radical (unpaired) electrons. The fourth-order valence-electron chi connectivity index (χ4n) is 3.07. The Morgan fingerprint density at radius 3 is 2.53 bits per heavy atom. The molecule has 0 aromatic rings. The lowest BCUT2D eigenvalue weighted by atomic mass is 9.87. The van der Waals surface area contributed by atoms with Crippen molar-refractivity contribution in [3.63, 3.8) is 0 Å². The number of carbonyl (C=O) groups is 1. The van der Waals surface area contributed by atoms with Crippen LogP contribution in [-0.2, 0) is 19.1 Å². The van der Waals surface area contributed by atoms with Crippen LogP contribution in [0.2, 0.25) is 0 Å². The molecule has 0 bridgehead atoms. The Morgan fingerprint density at radius 1 is 1.16 bits per heavy atom. The zero-order valence-corrected chi connectivity index (χ0v) is 12.0. The largest absolute Gasteiger partial charge is 0.469 e. The highest BCUT2D eigenvalue weighted by atomic mass is 16.7. The zero-order chi connectivity index (χ0) is 13.7. The van der Waals surface area contributed by atoms with Crippen LogP contribution in [0.1, 0.15) is 38.5 Å². The zero-order valence-electron chi connectivity index (χ0n) is 12.0. The lowest BCUT2D eigenvalue weighted by Crippen LogP contribution is -2.38. The second kappa shape index (κ2) is 7.22. The van der Waals surface area contributed by atoms with Crippen LogP contribution in [0.3, 0.4) is 0 Å². The van der Waals surface area contributed by atoms with Gasteiger partial charge >= 0.3 is 5.97 Å². The van der Waals surface area contributed by atoms with Gasteiger partial charge in [0, 0.05) is 13.7 Å². The second-order valence-electron chi connectivity index (χ2n) is 5.49. The molecular weight excluding hydrogens is 246 g/mol. The molecule has 0 N–H and O–H groups in total. The summed E-state index contributed by atoms with van der Waals surface area (Å²) in [6, 6.07) is 0.392. The van der Waals surface area contributed by atoms with Gasteiger partial charge in [-0.15, -0.1) is 0 Å². The number of methoxy groups -OCH3 is 2. The molecule has 110 valence electrons. The third kappa shape index (κ3) is 3.91. The second-order valence-corrected chi connectivity index (χ2v) is 5.49. The molecule has 1 aliphatic carbocycles.